The molecule has 2 aromatic carbocycles. The number of fused-ring (bicyclic) bond motifs is 2. The number of carbonyl (C=O) groups excluding carboxylic acids is 1. The highest BCUT2D eigenvalue weighted by Gasteiger charge is 2.40. The summed E-state index contributed by atoms with van der Waals surface area (Å²) in [6.07, 6.45) is 3.38. The van der Waals surface area contributed by atoms with E-state index in [9.17, 15) is 22.7 Å². The highest BCUT2D eigenvalue weighted by Crippen LogP contribution is 2.39. The number of nitrogens with one attached hydrogen (secondary N) is 3. The zero-order valence-electron chi connectivity index (χ0n) is 17.6. The van der Waals surface area contributed by atoms with E-state index >= 15 is 0 Å². The lowest BCUT2D eigenvalue weighted by atomic mass is 9.99. The van der Waals surface area contributed by atoms with Gasteiger partial charge in [-0.05, 0) is 57.0 Å². The number of carbonyl (C=O) groups is 1. The van der Waals surface area contributed by atoms with Crippen LogP contribution in [0.3, 0.4) is 0 Å². The molecule has 0 aromatic heterocycles. The fourth-order valence-corrected chi connectivity index (χ4v) is 6.63. The van der Waals surface area contributed by atoms with Crippen LogP contribution < -0.4 is 15.4 Å². The molecule has 0 unspecified atom stereocenters. The van der Waals surface area contributed by atoms with E-state index in [0.717, 1.165) is 18.9 Å². The van der Waals surface area contributed by atoms with Gasteiger partial charge in [0.05, 0.1) is 21.4 Å². The largest absolute Gasteiger partial charge is 0.504 e. The van der Waals surface area contributed by atoms with Crippen LogP contribution in [-0.2, 0) is 10.0 Å². The quantitative estimate of drug-likeness (QED) is 0.440. The van der Waals surface area contributed by atoms with E-state index in [0.29, 0.717) is 24.9 Å². The molecule has 8 nitrogen and oxygen atoms in total. The summed E-state index contributed by atoms with van der Waals surface area (Å²) in [7, 11) is -2.13. The number of hydrogen-bond acceptors (Lipinski definition) is 5. The summed E-state index contributed by atoms with van der Waals surface area (Å²) >= 11 is 12.0. The van der Waals surface area contributed by atoms with Gasteiger partial charge in [0.1, 0.15) is 10.7 Å². The lowest BCUT2D eigenvalue weighted by Gasteiger charge is -2.36. The Hall–Kier alpha value is -2.11. The van der Waals surface area contributed by atoms with E-state index in [2.05, 4.69) is 20.3 Å². The lowest BCUT2D eigenvalue weighted by molar-refractivity contribution is 0.157. The molecule has 4 rings (SSSR count). The maximum Gasteiger partial charge on any atom is 0.323 e. The number of aromatic hydroxyl groups is 1. The predicted molar refractivity (Wildman–Crippen MR) is 125 cm³/mol. The van der Waals surface area contributed by atoms with Gasteiger partial charge in [0.25, 0.3) is 0 Å². The number of halogens is 3. The van der Waals surface area contributed by atoms with Crippen LogP contribution in [-0.4, -0.2) is 49.6 Å². The van der Waals surface area contributed by atoms with Crippen molar-refractivity contribution in [1.82, 2.24) is 9.62 Å². The standard InChI is InChI=1S/C21H23Cl2FN4O4S/c1-28-12-5-6-13(28)10-11(9-12)27-33(31,32)20-14(22)7-8-17(19(20)29)26-21(30)25-16-4-2-3-15(24)18(16)23/h2-4,7-8,11-13,27,29H,5-6,9-10H2,1H3,(H2,25,26,30)/t12-,13-/m0/s1. The summed E-state index contributed by atoms with van der Waals surface area (Å²) in [5, 5.41) is 14.9. The molecule has 178 valence electrons. The molecular formula is C21H23Cl2FN4O4S. The molecule has 2 bridgehead atoms. The maximum atomic E-state index is 13.6. The number of piperidine rings is 1. The van der Waals surface area contributed by atoms with Gasteiger partial charge < -0.3 is 20.6 Å². The van der Waals surface area contributed by atoms with Crippen molar-refractivity contribution >= 4 is 50.6 Å². The number of amides is 2. The van der Waals surface area contributed by atoms with Gasteiger partial charge >= 0.3 is 6.03 Å². The molecule has 2 aliphatic heterocycles. The Morgan fingerprint density at radius 3 is 2.39 bits per heavy atom. The fourth-order valence-electron chi connectivity index (χ4n) is 4.57. The first kappa shape index (κ1) is 24.0. The number of nitrogens with zero attached hydrogens (tertiary/aromatic N) is 1. The second kappa shape index (κ2) is 9.27. The number of sulfonamides is 1. The maximum absolute atomic E-state index is 13.6. The molecular weight excluding hydrogens is 494 g/mol. The molecule has 33 heavy (non-hydrogen) atoms. The summed E-state index contributed by atoms with van der Waals surface area (Å²) in [5.74, 6) is -1.42. The van der Waals surface area contributed by atoms with Gasteiger partial charge in [-0.1, -0.05) is 29.3 Å². The molecule has 0 spiro atoms. The molecule has 2 aliphatic rings. The highest BCUT2D eigenvalue weighted by atomic mass is 35.5. The molecule has 2 atom stereocenters. The number of benzene rings is 2. The van der Waals surface area contributed by atoms with Crippen LogP contribution in [0.2, 0.25) is 10.0 Å². The van der Waals surface area contributed by atoms with E-state index in [4.69, 9.17) is 23.2 Å². The van der Waals surface area contributed by atoms with Crippen LogP contribution in [0, 0.1) is 5.82 Å². The van der Waals surface area contributed by atoms with Crippen molar-refractivity contribution in [1.29, 1.82) is 0 Å². The molecule has 4 N–H and O–H groups in total. The molecule has 0 saturated carbocycles. The average molecular weight is 517 g/mol. The van der Waals surface area contributed by atoms with Crippen molar-refractivity contribution in [3.63, 3.8) is 0 Å². The number of phenolic OH excluding ortho intramolecular Hbond substituents is 1. The number of urea groups is 1. The molecule has 2 heterocycles. The van der Waals surface area contributed by atoms with E-state index in [-0.39, 0.29) is 27.5 Å². The molecule has 0 aliphatic carbocycles. The van der Waals surface area contributed by atoms with Crippen molar-refractivity contribution < 1.29 is 22.7 Å². The van der Waals surface area contributed by atoms with Crippen LogP contribution in [0.5, 0.6) is 5.75 Å². The Morgan fingerprint density at radius 2 is 1.73 bits per heavy atom. The number of anilines is 2. The van der Waals surface area contributed by atoms with Crippen molar-refractivity contribution in [3.8, 4) is 5.75 Å². The van der Waals surface area contributed by atoms with E-state index in [1.54, 1.807) is 0 Å². The Kier molecular flexibility index (Phi) is 6.75. The zero-order valence-corrected chi connectivity index (χ0v) is 19.9. The van der Waals surface area contributed by atoms with Crippen molar-refractivity contribution in [3.05, 3.63) is 46.2 Å². The van der Waals surface area contributed by atoms with Crippen LogP contribution >= 0.6 is 23.2 Å². The summed E-state index contributed by atoms with van der Waals surface area (Å²) < 4.78 is 42.5. The third kappa shape index (κ3) is 4.90. The third-order valence-electron chi connectivity index (χ3n) is 6.22. The summed E-state index contributed by atoms with van der Waals surface area (Å²) in [6, 6.07) is 5.90. The minimum absolute atomic E-state index is 0.00836. The SMILES string of the molecule is CN1[C@H]2CC[C@H]1CC(NS(=O)(=O)c1c(Cl)ccc(NC(=O)Nc3cccc(F)c3Cl)c1O)C2. The first-order chi connectivity index (χ1) is 15.6. The fraction of sp³-hybridized carbons (Fsp3) is 0.381. The molecule has 12 heteroatoms. The number of rotatable bonds is 5. The minimum atomic E-state index is -4.18. The number of hydrogen-bond donors (Lipinski definition) is 4. The normalized spacial score (nSPS) is 22.8. The van der Waals surface area contributed by atoms with Gasteiger partial charge in [-0.25, -0.2) is 22.3 Å². The smallest absolute Gasteiger partial charge is 0.323 e. The Balaban J connectivity index is 1.52. The second-order valence-corrected chi connectivity index (χ2v) is 10.7. The van der Waals surface area contributed by atoms with Crippen LogP contribution in [0.25, 0.3) is 0 Å². The van der Waals surface area contributed by atoms with Gasteiger partial charge in [-0.15, -0.1) is 0 Å². The summed E-state index contributed by atoms with van der Waals surface area (Å²) in [4.78, 5) is 14.1. The minimum Gasteiger partial charge on any atom is -0.504 e. The Bertz CT molecular complexity index is 1180. The molecule has 2 saturated heterocycles. The van der Waals surface area contributed by atoms with Crippen molar-refractivity contribution in [2.45, 2.75) is 48.7 Å². The highest BCUT2D eigenvalue weighted by molar-refractivity contribution is 7.89. The van der Waals surface area contributed by atoms with Gasteiger partial charge in [0, 0.05) is 18.1 Å². The van der Waals surface area contributed by atoms with E-state index < -0.39 is 32.5 Å². The topological polar surface area (TPSA) is 111 Å². The second-order valence-electron chi connectivity index (χ2n) is 8.29. The van der Waals surface area contributed by atoms with Gasteiger partial charge in [-0.3, -0.25) is 0 Å². The van der Waals surface area contributed by atoms with Crippen molar-refractivity contribution in [2.75, 3.05) is 17.7 Å². The number of phenols is 1. The molecule has 0 radical (unpaired) electrons. The van der Waals surface area contributed by atoms with Crippen LogP contribution in [0.15, 0.2) is 35.2 Å². The van der Waals surface area contributed by atoms with E-state index in [1.165, 1.54) is 24.3 Å². The van der Waals surface area contributed by atoms with Crippen LogP contribution in [0.4, 0.5) is 20.6 Å². The first-order valence-electron chi connectivity index (χ1n) is 10.3. The third-order valence-corrected chi connectivity index (χ3v) is 8.63. The molecule has 2 aromatic rings. The van der Waals surface area contributed by atoms with Gasteiger partial charge in [-0.2, -0.15) is 0 Å². The summed E-state index contributed by atoms with van der Waals surface area (Å²) in [6.45, 7) is 0. The zero-order chi connectivity index (χ0) is 23.9. The Morgan fingerprint density at radius 1 is 1.09 bits per heavy atom. The first-order valence-corrected chi connectivity index (χ1v) is 12.6. The predicted octanol–water partition coefficient (Wildman–Crippen LogP) is 4.39. The lowest BCUT2D eigenvalue weighted by Crippen LogP contribution is -2.48. The average Bonchev–Trinajstić information content (AvgIpc) is 2.94. The summed E-state index contributed by atoms with van der Waals surface area (Å²) in [5.41, 5.74) is -0.178. The molecule has 2 amide bonds. The van der Waals surface area contributed by atoms with Crippen molar-refractivity contribution in [2.24, 2.45) is 0 Å². The van der Waals surface area contributed by atoms with Gasteiger partial charge in [0.15, 0.2) is 5.75 Å². The molecule has 2 fully saturated rings. The van der Waals surface area contributed by atoms with E-state index in [1.807, 2.05) is 7.05 Å². The monoisotopic (exact) mass is 516 g/mol. The Labute approximate surface area is 201 Å². The van der Waals surface area contributed by atoms with Crippen LogP contribution in [0.1, 0.15) is 25.7 Å². The van der Waals surface area contributed by atoms with Gasteiger partial charge in [0.2, 0.25) is 10.0 Å².